The first-order valence-electron chi connectivity index (χ1n) is 6.04. The number of halogens is 4. The molecule has 22 heavy (non-hydrogen) atoms. The van der Waals surface area contributed by atoms with Gasteiger partial charge in [0.15, 0.2) is 5.82 Å². The van der Waals surface area contributed by atoms with E-state index < -0.39 is 11.6 Å². The van der Waals surface area contributed by atoms with Crippen LogP contribution in [0.3, 0.4) is 0 Å². The fourth-order valence-electron chi connectivity index (χ4n) is 1.71. The molecule has 0 unspecified atom stereocenters. The maximum atomic E-state index is 13.9. The number of nitrogens with one attached hydrogen (secondary N) is 2. The Labute approximate surface area is 143 Å². The maximum absolute atomic E-state index is 13.9. The quantitative estimate of drug-likeness (QED) is 0.649. The van der Waals surface area contributed by atoms with Crippen molar-refractivity contribution in [1.82, 2.24) is 0 Å². The van der Waals surface area contributed by atoms with Gasteiger partial charge in [0.2, 0.25) is 0 Å². The van der Waals surface area contributed by atoms with Gasteiger partial charge in [0, 0.05) is 12.1 Å². The molecule has 2 aromatic rings. The van der Waals surface area contributed by atoms with Crippen molar-refractivity contribution in [1.29, 1.82) is 0 Å². The lowest BCUT2D eigenvalue weighted by Gasteiger charge is -2.15. The van der Waals surface area contributed by atoms with E-state index in [1.165, 1.54) is 38.5 Å². The Morgan fingerprint density at radius 3 is 1.95 bits per heavy atom. The van der Waals surface area contributed by atoms with Crippen molar-refractivity contribution in [3.63, 3.8) is 0 Å². The summed E-state index contributed by atoms with van der Waals surface area (Å²) < 4.78 is 38.3. The zero-order valence-corrected chi connectivity index (χ0v) is 14.8. The molecule has 0 saturated carbocycles. The van der Waals surface area contributed by atoms with Crippen LogP contribution in [0.25, 0.3) is 0 Å². The molecule has 2 N–H and O–H groups in total. The minimum atomic E-state index is -0.507. The summed E-state index contributed by atoms with van der Waals surface area (Å²) in [4.78, 5) is 0. The zero-order chi connectivity index (χ0) is 16.3. The van der Waals surface area contributed by atoms with E-state index in [0.717, 1.165) is 0 Å². The molecule has 0 aliphatic heterocycles. The zero-order valence-electron chi connectivity index (χ0n) is 11.6. The van der Waals surface area contributed by atoms with E-state index in [9.17, 15) is 8.78 Å². The average molecular weight is 438 g/mol. The molecule has 0 fully saturated rings. The molecule has 0 spiro atoms. The SMILES string of the molecule is COc1cc(F)c(NNc2cc(Br)c(F)cc2OC)cc1Br. The van der Waals surface area contributed by atoms with Gasteiger partial charge in [-0.2, -0.15) is 0 Å². The summed E-state index contributed by atoms with van der Waals surface area (Å²) in [5, 5.41) is 0. The van der Waals surface area contributed by atoms with Crippen LogP contribution in [0.15, 0.2) is 33.2 Å². The number of hydrazine groups is 1. The molecule has 0 heterocycles. The molecule has 0 radical (unpaired) electrons. The molecular formula is C14H12Br2F2N2O2. The van der Waals surface area contributed by atoms with Gasteiger partial charge in [-0.3, -0.25) is 10.9 Å². The van der Waals surface area contributed by atoms with Crippen molar-refractivity contribution in [2.75, 3.05) is 25.1 Å². The van der Waals surface area contributed by atoms with Crippen molar-refractivity contribution >= 4 is 43.2 Å². The maximum Gasteiger partial charge on any atom is 0.151 e. The van der Waals surface area contributed by atoms with Crippen LogP contribution in [0.1, 0.15) is 0 Å². The molecule has 0 bridgehead atoms. The van der Waals surface area contributed by atoms with Gasteiger partial charge in [-0.05, 0) is 44.0 Å². The highest BCUT2D eigenvalue weighted by molar-refractivity contribution is 9.10. The van der Waals surface area contributed by atoms with Crippen LogP contribution >= 0.6 is 31.9 Å². The summed E-state index contributed by atoms with van der Waals surface area (Å²) in [6.07, 6.45) is 0. The number of hydrogen-bond acceptors (Lipinski definition) is 4. The van der Waals surface area contributed by atoms with E-state index in [2.05, 4.69) is 42.7 Å². The summed E-state index contributed by atoms with van der Waals surface area (Å²) in [6, 6.07) is 5.46. The third-order valence-electron chi connectivity index (χ3n) is 2.82. The third kappa shape index (κ3) is 3.61. The molecule has 8 heteroatoms. The highest BCUT2D eigenvalue weighted by atomic mass is 79.9. The molecule has 0 amide bonds. The molecule has 2 rings (SSSR count). The first kappa shape index (κ1) is 16.8. The molecule has 0 saturated heterocycles. The molecule has 0 aliphatic rings. The van der Waals surface area contributed by atoms with E-state index in [-0.39, 0.29) is 15.9 Å². The second-order valence-electron chi connectivity index (χ2n) is 4.18. The predicted molar refractivity (Wildman–Crippen MR) is 88.5 cm³/mol. The molecule has 118 valence electrons. The van der Waals surface area contributed by atoms with Gasteiger partial charge in [-0.25, -0.2) is 8.78 Å². The third-order valence-corrected chi connectivity index (χ3v) is 4.04. The van der Waals surface area contributed by atoms with E-state index in [0.29, 0.717) is 15.9 Å². The fourth-order valence-corrected chi connectivity index (χ4v) is 2.56. The highest BCUT2D eigenvalue weighted by Crippen LogP contribution is 2.33. The van der Waals surface area contributed by atoms with Gasteiger partial charge in [0.25, 0.3) is 0 Å². The van der Waals surface area contributed by atoms with Crippen molar-refractivity contribution < 1.29 is 18.3 Å². The fraction of sp³-hybridized carbons (Fsp3) is 0.143. The Morgan fingerprint density at radius 1 is 0.773 bits per heavy atom. The van der Waals surface area contributed by atoms with E-state index in [1.54, 1.807) is 0 Å². The van der Waals surface area contributed by atoms with Gasteiger partial charge in [0.05, 0.1) is 34.5 Å². The van der Waals surface area contributed by atoms with Gasteiger partial charge in [-0.15, -0.1) is 0 Å². The monoisotopic (exact) mass is 436 g/mol. The molecule has 0 aliphatic carbocycles. The van der Waals surface area contributed by atoms with E-state index >= 15 is 0 Å². The standard InChI is InChI=1S/C14H12Br2F2N2O2/c1-21-13-6-10(18)11(4-8(13)16)19-20-12-3-7(15)9(17)5-14(12)22-2/h3-6,19-20H,1-2H3. The Kier molecular flexibility index (Phi) is 5.47. The highest BCUT2D eigenvalue weighted by Gasteiger charge is 2.11. The van der Waals surface area contributed by atoms with Crippen LogP contribution in [0.5, 0.6) is 11.5 Å². The number of rotatable bonds is 5. The minimum absolute atomic E-state index is 0.190. The Hall–Kier alpha value is -1.54. The molecule has 2 aromatic carbocycles. The van der Waals surface area contributed by atoms with Crippen molar-refractivity contribution in [3.05, 3.63) is 44.8 Å². The van der Waals surface area contributed by atoms with Gasteiger partial charge >= 0.3 is 0 Å². The Morgan fingerprint density at radius 2 is 1.32 bits per heavy atom. The Bertz CT molecular complexity index is 699. The average Bonchev–Trinajstić information content (AvgIpc) is 2.50. The molecular weight excluding hydrogens is 426 g/mol. The topological polar surface area (TPSA) is 42.5 Å². The first-order chi connectivity index (χ1) is 10.5. The van der Waals surface area contributed by atoms with Gasteiger partial charge in [-0.1, -0.05) is 0 Å². The smallest absolute Gasteiger partial charge is 0.151 e. The summed E-state index contributed by atoms with van der Waals surface area (Å²) in [7, 11) is 2.87. The number of benzene rings is 2. The second-order valence-corrected chi connectivity index (χ2v) is 5.89. The lowest BCUT2D eigenvalue weighted by Crippen LogP contribution is -2.11. The number of ether oxygens (including phenoxy) is 2. The van der Waals surface area contributed by atoms with Crippen LogP contribution in [0.2, 0.25) is 0 Å². The summed E-state index contributed by atoms with van der Waals surface area (Å²) >= 11 is 6.36. The van der Waals surface area contributed by atoms with Crippen LogP contribution in [-0.4, -0.2) is 14.2 Å². The number of hydrogen-bond donors (Lipinski definition) is 2. The van der Waals surface area contributed by atoms with Crippen LogP contribution in [0, 0.1) is 11.6 Å². The lowest BCUT2D eigenvalue weighted by molar-refractivity contribution is 0.409. The predicted octanol–water partition coefficient (Wildman–Crippen LogP) is 4.95. The van der Waals surface area contributed by atoms with Gasteiger partial charge in [0.1, 0.15) is 17.3 Å². The minimum Gasteiger partial charge on any atom is -0.495 e. The second kappa shape index (κ2) is 7.15. The van der Waals surface area contributed by atoms with Crippen molar-refractivity contribution in [3.8, 4) is 11.5 Å². The molecule has 0 aromatic heterocycles. The molecule has 4 nitrogen and oxygen atoms in total. The largest absolute Gasteiger partial charge is 0.495 e. The first-order valence-corrected chi connectivity index (χ1v) is 7.63. The van der Waals surface area contributed by atoms with Crippen molar-refractivity contribution in [2.45, 2.75) is 0 Å². The van der Waals surface area contributed by atoms with E-state index in [1.807, 2.05) is 0 Å². The van der Waals surface area contributed by atoms with Crippen molar-refractivity contribution in [2.24, 2.45) is 0 Å². The van der Waals surface area contributed by atoms with Crippen LogP contribution < -0.4 is 20.3 Å². The van der Waals surface area contributed by atoms with Crippen LogP contribution in [-0.2, 0) is 0 Å². The number of anilines is 2. The summed E-state index contributed by atoms with van der Waals surface area (Å²) in [5.41, 5.74) is 6.13. The summed E-state index contributed by atoms with van der Waals surface area (Å²) in [5.74, 6) is -0.306. The normalized spacial score (nSPS) is 10.3. The summed E-state index contributed by atoms with van der Waals surface area (Å²) in [6.45, 7) is 0. The van der Waals surface area contributed by atoms with Gasteiger partial charge < -0.3 is 9.47 Å². The molecule has 0 atom stereocenters. The van der Waals surface area contributed by atoms with E-state index in [4.69, 9.17) is 9.47 Å². The number of methoxy groups -OCH3 is 2. The lowest BCUT2D eigenvalue weighted by atomic mass is 10.3. The Balaban J connectivity index is 2.24. The van der Waals surface area contributed by atoms with Crippen LogP contribution in [0.4, 0.5) is 20.2 Å².